The van der Waals surface area contributed by atoms with Crippen LogP contribution in [0.2, 0.25) is 0 Å². The maximum atomic E-state index is 11.2. The fourth-order valence-electron chi connectivity index (χ4n) is 2.16. The first-order valence-corrected chi connectivity index (χ1v) is 8.98. The van der Waals surface area contributed by atoms with Crippen molar-refractivity contribution in [2.24, 2.45) is 10.2 Å². The molecule has 0 atom stereocenters. The maximum Gasteiger partial charge on any atom is 0.294 e. The Labute approximate surface area is 146 Å². The first-order chi connectivity index (χ1) is 11.3. The van der Waals surface area contributed by atoms with Gasteiger partial charge in [0, 0.05) is 9.86 Å². The first-order valence-electron chi connectivity index (χ1n) is 6.75. The number of azo groups is 1. The molecule has 0 bridgehead atoms. The molecule has 0 aliphatic rings. The van der Waals surface area contributed by atoms with E-state index in [0.717, 1.165) is 4.47 Å². The zero-order valence-corrected chi connectivity index (χ0v) is 14.5. The van der Waals surface area contributed by atoms with E-state index in [1.807, 2.05) is 12.1 Å². The van der Waals surface area contributed by atoms with Gasteiger partial charge in [-0.15, -0.1) is 5.11 Å². The molecule has 0 spiro atoms. The van der Waals surface area contributed by atoms with E-state index in [2.05, 4.69) is 26.2 Å². The minimum Gasteiger partial charge on any atom is -0.506 e. The average molecular weight is 407 g/mol. The average Bonchev–Trinajstić information content (AvgIpc) is 2.54. The predicted octanol–water partition coefficient (Wildman–Crippen LogP) is 4.97. The molecule has 3 rings (SSSR count). The second-order valence-electron chi connectivity index (χ2n) is 4.97. The van der Waals surface area contributed by atoms with E-state index < -0.39 is 10.1 Å². The molecule has 0 aliphatic heterocycles. The highest BCUT2D eigenvalue weighted by Crippen LogP contribution is 2.37. The van der Waals surface area contributed by atoms with Crippen LogP contribution in [0.15, 0.2) is 74.2 Å². The number of benzene rings is 3. The Morgan fingerprint density at radius 3 is 2.29 bits per heavy atom. The molecule has 24 heavy (non-hydrogen) atoms. The lowest BCUT2D eigenvalue weighted by molar-refractivity contribution is 0.477. The summed E-state index contributed by atoms with van der Waals surface area (Å²) in [4.78, 5) is -0.225. The fourth-order valence-corrected chi connectivity index (χ4v) is 2.94. The van der Waals surface area contributed by atoms with Gasteiger partial charge in [-0.05, 0) is 47.9 Å². The van der Waals surface area contributed by atoms with Crippen LogP contribution in [-0.4, -0.2) is 18.1 Å². The highest BCUT2D eigenvalue weighted by atomic mass is 79.9. The monoisotopic (exact) mass is 406 g/mol. The van der Waals surface area contributed by atoms with Crippen molar-refractivity contribution in [3.05, 3.63) is 59.1 Å². The quantitative estimate of drug-likeness (QED) is 0.473. The molecule has 0 saturated carbocycles. The van der Waals surface area contributed by atoms with Gasteiger partial charge in [0.05, 0.1) is 10.6 Å². The third-order valence-corrected chi connectivity index (χ3v) is 4.71. The molecular weight excluding hydrogens is 396 g/mol. The molecule has 0 saturated heterocycles. The van der Waals surface area contributed by atoms with Gasteiger partial charge in [0.15, 0.2) is 0 Å². The summed E-state index contributed by atoms with van der Waals surface area (Å²) >= 11 is 3.33. The highest BCUT2D eigenvalue weighted by Gasteiger charge is 2.13. The molecule has 0 heterocycles. The van der Waals surface area contributed by atoms with Gasteiger partial charge in [0.2, 0.25) is 0 Å². The molecule has 0 radical (unpaired) electrons. The van der Waals surface area contributed by atoms with Gasteiger partial charge in [-0.1, -0.05) is 28.1 Å². The second kappa shape index (κ2) is 6.31. The van der Waals surface area contributed by atoms with Crippen molar-refractivity contribution in [2.75, 3.05) is 0 Å². The summed E-state index contributed by atoms with van der Waals surface area (Å²) in [5, 5.41) is 19.2. The predicted molar refractivity (Wildman–Crippen MR) is 93.7 cm³/mol. The molecule has 6 nitrogen and oxygen atoms in total. The molecule has 0 aromatic heterocycles. The third kappa shape index (κ3) is 3.45. The summed E-state index contributed by atoms with van der Waals surface area (Å²) in [5.74, 6) is -0.0806. The molecule has 0 fully saturated rings. The summed E-state index contributed by atoms with van der Waals surface area (Å²) < 4.78 is 32.5. The fraction of sp³-hybridized carbons (Fsp3) is 0. The maximum absolute atomic E-state index is 11.2. The Bertz CT molecular complexity index is 1050. The van der Waals surface area contributed by atoms with Gasteiger partial charge in [-0.2, -0.15) is 13.5 Å². The number of aromatic hydroxyl groups is 1. The van der Waals surface area contributed by atoms with Crippen molar-refractivity contribution in [2.45, 2.75) is 4.90 Å². The lowest BCUT2D eigenvalue weighted by Gasteiger charge is -2.05. The van der Waals surface area contributed by atoms with Crippen molar-refractivity contribution in [3.63, 3.8) is 0 Å². The van der Waals surface area contributed by atoms with Crippen molar-refractivity contribution >= 4 is 48.2 Å². The van der Waals surface area contributed by atoms with Gasteiger partial charge in [-0.3, -0.25) is 4.55 Å². The second-order valence-corrected chi connectivity index (χ2v) is 7.30. The Morgan fingerprint density at radius 1 is 0.917 bits per heavy atom. The Kier molecular flexibility index (Phi) is 4.35. The smallest absolute Gasteiger partial charge is 0.294 e. The zero-order valence-electron chi connectivity index (χ0n) is 12.1. The molecule has 2 N–H and O–H groups in total. The molecule has 0 unspecified atom stereocenters. The number of nitrogens with zero attached hydrogens (tertiary/aromatic N) is 2. The van der Waals surface area contributed by atoms with E-state index in [1.54, 1.807) is 12.1 Å². The largest absolute Gasteiger partial charge is 0.506 e. The van der Waals surface area contributed by atoms with Crippen LogP contribution in [0.4, 0.5) is 11.4 Å². The lowest BCUT2D eigenvalue weighted by atomic mass is 10.1. The standard InChI is InChI=1S/C16H11BrN2O4S/c17-11-2-4-12(5-3-11)18-19-16-14-7-6-13(24(21,22)23)9-10(14)1-8-15(16)20/h1-9,20H,(H,21,22,23). The normalized spacial score (nSPS) is 12.1. The van der Waals surface area contributed by atoms with Gasteiger partial charge < -0.3 is 5.11 Å². The molecule has 0 amide bonds. The first kappa shape index (κ1) is 16.6. The molecule has 3 aromatic rings. The number of hydrogen-bond acceptors (Lipinski definition) is 5. The summed E-state index contributed by atoms with van der Waals surface area (Å²) in [5.41, 5.74) is 0.821. The topological polar surface area (TPSA) is 99.3 Å². The molecular formula is C16H11BrN2O4S. The summed E-state index contributed by atoms with van der Waals surface area (Å²) in [6, 6.07) is 14.1. The Morgan fingerprint density at radius 2 is 1.62 bits per heavy atom. The Hall–Kier alpha value is -2.29. The molecule has 122 valence electrons. The highest BCUT2D eigenvalue weighted by molar-refractivity contribution is 9.10. The van der Waals surface area contributed by atoms with E-state index >= 15 is 0 Å². The van der Waals surface area contributed by atoms with Gasteiger partial charge >= 0.3 is 0 Å². The van der Waals surface area contributed by atoms with E-state index in [9.17, 15) is 13.5 Å². The number of fused-ring (bicyclic) bond motifs is 1. The van der Waals surface area contributed by atoms with Gasteiger partial charge in [0.25, 0.3) is 10.1 Å². The van der Waals surface area contributed by atoms with Crippen molar-refractivity contribution < 1.29 is 18.1 Å². The van der Waals surface area contributed by atoms with Gasteiger partial charge in [0.1, 0.15) is 11.4 Å². The number of phenols is 1. The number of hydrogen-bond donors (Lipinski definition) is 2. The summed E-state index contributed by atoms with van der Waals surface area (Å²) in [6.07, 6.45) is 0. The van der Waals surface area contributed by atoms with Crippen molar-refractivity contribution in [1.82, 2.24) is 0 Å². The van der Waals surface area contributed by atoms with Crippen LogP contribution in [0.25, 0.3) is 10.8 Å². The third-order valence-electron chi connectivity index (χ3n) is 3.33. The van der Waals surface area contributed by atoms with E-state index in [-0.39, 0.29) is 16.3 Å². The van der Waals surface area contributed by atoms with Crippen LogP contribution in [0.5, 0.6) is 5.75 Å². The van der Waals surface area contributed by atoms with Crippen molar-refractivity contribution in [3.8, 4) is 5.75 Å². The number of halogens is 1. The minimum atomic E-state index is -4.30. The van der Waals surface area contributed by atoms with Crippen molar-refractivity contribution in [1.29, 1.82) is 0 Å². The minimum absolute atomic E-state index is 0.0806. The Balaban J connectivity index is 2.10. The van der Waals surface area contributed by atoms with Crippen LogP contribution >= 0.6 is 15.9 Å². The van der Waals surface area contributed by atoms with Crippen LogP contribution in [0, 0.1) is 0 Å². The SMILES string of the molecule is O=S(=O)(O)c1ccc2c(N=Nc3ccc(Br)cc3)c(O)ccc2c1. The molecule has 3 aromatic carbocycles. The van der Waals surface area contributed by atoms with E-state index in [4.69, 9.17) is 4.55 Å². The zero-order chi connectivity index (χ0) is 17.3. The van der Waals surface area contributed by atoms with Crippen LogP contribution in [0.3, 0.4) is 0 Å². The molecule has 0 aliphatic carbocycles. The number of phenolic OH excluding ortho intramolecular Hbond substituents is 1. The van der Waals surface area contributed by atoms with Crippen LogP contribution < -0.4 is 0 Å². The lowest BCUT2D eigenvalue weighted by Crippen LogP contribution is -1.97. The van der Waals surface area contributed by atoms with E-state index in [0.29, 0.717) is 16.5 Å². The molecule has 8 heteroatoms. The van der Waals surface area contributed by atoms with Crippen LogP contribution in [0.1, 0.15) is 0 Å². The van der Waals surface area contributed by atoms with Crippen LogP contribution in [-0.2, 0) is 10.1 Å². The van der Waals surface area contributed by atoms with E-state index in [1.165, 1.54) is 30.3 Å². The number of rotatable bonds is 3. The van der Waals surface area contributed by atoms with Gasteiger partial charge in [-0.25, -0.2) is 0 Å². The summed E-state index contributed by atoms with van der Waals surface area (Å²) in [7, 11) is -4.30. The summed E-state index contributed by atoms with van der Waals surface area (Å²) in [6.45, 7) is 0.